The number of carbonyl (C=O) groups excluding carboxylic acids is 1. The molecule has 2 N–H and O–H groups in total. The van der Waals surface area contributed by atoms with Gasteiger partial charge in [-0.3, -0.25) is 14.9 Å². The summed E-state index contributed by atoms with van der Waals surface area (Å²) in [5.41, 5.74) is 0.131. The normalized spacial score (nSPS) is 10.7. The number of benzene rings is 2. The molecule has 0 unspecified atom stereocenters. The fraction of sp³-hybridized carbons (Fsp3) is 0. The zero-order valence-electron chi connectivity index (χ0n) is 11.8. The van der Waals surface area contributed by atoms with Gasteiger partial charge in [-0.15, -0.1) is 0 Å². The molecule has 0 aliphatic heterocycles. The lowest BCUT2D eigenvalue weighted by Gasteiger charge is -2.06. The molecule has 0 bridgehead atoms. The lowest BCUT2D eigenvalue weighted by molar-refractivity contribution is -0.384. The van der Waals surface area contributed by atoms with Gasteiger partial charge in [-0.1, -0.05) is 24.3 Å². The van der Waals surface area contributed by atoms with Crippen LogP contribution >= 0.6 is 0 Å². The molecule has 0 aliphatic rings. The molecule has 0 saturated carbocycles. The summed E-state index contributed by atoms with van der Waals surface area (Å²) in [4.78, 5) is 22.2. The summed E-state index contributed by atoms with van der Waals surface area (Å²) < 4.78 is 0. The number of nitriles is 1. The molecule has 0 fully saturated rings. The Labute approximate surface area is 131 Å². The SMILES string of the molecule is N#C/C(=C\c1cccc([N+](=O)[O-])c1)C(=O)Nc1ccccc1O. The Morgan fingerprint density at radius 1 is 1.26 bits per heavy atom. The second-order valence-corrected chi connectivity index (χ2v) is 4.49. The van der Waals surface area contributed by atoms with E-state index in [4.69, 9.17) is 5.26 Å². The number of rotatable bonds is 4. The van der Waals surface area contributed by atoms with Gasteiger partial charge in [0.2, 0.25) is 0 Å². The van der Waals surface area contributed by atoms with Crippen LogP contribution in [0, 0.1) is 21.4 Å². The van der Waals surface area contributed by atoms with Crippen LogP contribution in [0.1, 0.15) is 5.56 Å². The number of para-hydroxylation sites is 2. The van der Waals surface area contributed by atoms with Crippen molar-refractivity contribution in [3.8, 4) is 11.8 Å². The second kappa shape index (κ2) is 6.87. The average molecular weight is 309 g/mol. The number of nitro benzene ring substituents is 1. The van der Waals surface area contributed by atoms with E-state index in [1.807, 2.05) is 0 Å². The fourth-order valence-electron chi connectivity index (χ4n) is 1.81. The van der Waals surface area contributed by atoms with Crippen molar-refractivity contribution in [3.05, 3.63) is 69.8 Å². The summed E-state index contributed by atoms with van der Waals surface area (Å²) in [7, 11) is 0. The predicted molar refractivity (Wildman–Crippen MR) is 83.4 cm³/mol. The molecule has 2 rings (SSSR count). The topological polar surface area (TPSA) is 116 Å². The van der Waals surface area contributed by atoms with Gasteiger partial charge in [0.1, 0.15) is 17.4 Å². The molecule has 7 nitrogen and oxygen atoms in total. The van der Waals surface area contributed by atoms with Gasteiger partial charge in [-0.25, -0.2) is 0 Å². The van der Waals surface area contributed by atoms with E-state index >= 15 is 0 Å². The minimum absolute atomic E-state index is 0.131. The highest BCUT2D eigenvalue weighted by molar-refractivity contribution is 6.10. The van der Waals surface area contributed by atoms with Gasteiger partial charge in [-0.05, 0) is 23.8 Å². The third-order valence-corrected chi connectivity index (χ3v) is 2.91. The predicted octanol–water partition coefficient (Wildman–Crippen LogP) is 2.85. The van der Waals surface area contributed by atoms with E-state index in [0.717, 1.165) is 0 Å². The minimum Gasteiger partial charge on any atom is -0.506 e. The first kappa shape index (κ1) is 15.7. The lowest BCUT2D eigenvalue weighted by Crippen LogP contribution is -2.13. The van der Waals surface area contributed by atoms with Gasteiger partial charge in [-0.2, -0.15) is 5.26 Å². The van der Waals surface area contributed by atoms with Crippen LogP contribution in [-0.2, 0) is 4.79 Å². The first-order valence-corrected chi connectivity index (χ1v) is 6.47. The summed E-state index contributed by atoms with van der Waals surface area (Å²) in [6.07, 6.45) is 1.24. The molecule has 0 aliphatic carbocycles. The maximum atomic E-state index is 12.1. The first-order valence-electron chi connectivity index (χ1n) is 6.47. The van der Waals surface area contributed by atoms with Gasteiger partial charge in [0.15, 0.2) is 0 Å². The number of aromatic hydroxyl groups is 1. The Morgan fingerprint density at radius 3 is 2.65 bits per heavy atom. The van der Waals surface area contributed by atoms with Crippen molar-refractivity contribution in [1.29, 1.82) is 5.26 Å². The maximum absolute atomic E-state index is 12.1. The molecule has 0 spiro atoms. The molecule has 0 aromatic heterocycles. The second-order valence-electron chi connectivity index (χ2n) is 4.49. The number of phenolic OH excluding ortho intramolecular Hbond substituents is 1. The largest absolute Gasteiger partial charge is 0.506 e. The van der Waals surface area contributed by atoms with E-state index in [-0.39, 0.29) is 22.7 Å². The number of hydrogen-bond acceptors (Lipinski definition) is 5. The highest BCUT2D eigenvalue weighted by atomic mass is 16.6. The summed E-state index contributed by atoms with van der Waals surface area (Å²) >= 11 is 0. The van der Waals surface area contributed by atoms with E-state index in [0.29, 0.717) is 5.56 Å². The number of non-ortho nitro benzene ring substituents is 1. The van der Waals surface area contributed by atoms with Crippen LogP contribution in [0.5, 0.6) is 5.75 Å². The van der Waals surface area contributed by atoms with Crippen LogP contribution in [0.25, 0.3) is 6.08 Å². The Balaban J connectivity index is 2.27. The van der Waals surface area contributed by atoms with Crippen molar-refractivity contribution in [1.82, 2.24) is 0 Å². The fourth-order valence-corrected chi connectivity index (χ4v) is 1.81. The van der Waals surface area contributed by atoms with E-state index in [2.05, 4.69) is 5.32 Å². The zero-order chi connectivity index (χ0) is 16.8. The number of amides is 1. The Kier molecular flexibility index (Phi) is 4.69. The first-order chi connectivity index (χ1) is 11.0. The Bertz CT molecular complexity index is 837. The zero-order valence-corrected chi connectivity index (χ0v) is 11.8. The third kappa shape index (κ3) is 3.92. The number of carbonyl (C=O) groups is 1. The molecule has 0 atom stereocenters. The van der Waals surface area contributed by atoms with Crippen molar-refractivity contribution in [3.63, 3.8) is 0 Å². The van der Waals surface area contributed by atoms with Crippen LogP contribution in [0.4, 0.5) is 11.4 Å². The highest BCUT2D eigenvalue weighted by Crippen LogP contribution is 2.22. The van der Waals surface area contributed by atoms with Gasteiger partial charge < -0.3 is 10.4 Å². The molecular weight excluding hydrogens is 298 g/mol. The molecule has 23 heavy (non-hydrogen) atoms. The van der Waals surface area contributed by atoms with Gasteiger partial charge in [0.05, 0.1) is 10.6 Å². The lowest BCUT2D eigenvalue weighted by atomic mass is 10.1. The van der Waals surface area contributed by atoms with E-state index in [9.17, 15) is 20.0 Å². The standard InChI is InChI=1S/C16H11N3O4/c17-10-12(8-11-4-3-5-13(9-11)19(22)23)16(21)18-14-6-1-2-7-15(14)20/h1-9,20H,(H,18,21)/b12-8+. The van der Waals surface area contributed by atoms with Crippen LogP contribution in [0.2, 0.25) is 0 Å². The summed E-state index contributed by atoms with van der Waals surface area (Å²) in [6.45, 7) is 0. The van der Waals surface area contributed by atoms with E-state index in [1.165, 1.54) is 42.5 Å². The van der Waals surface area contributed by atoms with Crippen molar-refractivity contribution in [2.24, 2.45) is 0 Å². The Morgan fingerprint density at radius 2 is 2.00 bits per heavy atom. The molecule has 0 saturated heterocycles. The molecular formula is C16H11N3O4. The molecule has 0 radical (unpaired) electrons. The van der Waals surface area contributed by atoms with Gasteiger partial charge in [0, 0.05) is 12.1 Å². The van der Waals surface area contributed by atoms with E-state index < -0.39 is 10.8 Å². The van der Waals surface area contributed by atoms with Crippen LogP contribution in [0.3, 0.4) is 0 Å². The summed E-state index contributed by atoms with van der Waals surface area (Å²) in [5.74, 6) is -0.853. The number of nitrogens with zero attached hydrogens (tertiary/aromatic N) is 2. The number of phenols is 1. The van der Waals surface area contributed by atoms with Crippen molar-refractivity contribution in [2.45, 2.75) is 0 Å². The number of hydrogen-bond donors (Lipinski definition) is 2. The molecule has 0 heterocycles. The summed E-state index contributed by atoms with van der Waals surface area (Å²) in [5, 5.41) is 31.9. The molecule has 2 aromatic carbocycles. The number of nitrogens with one attached hydrogen (secondary N) is 1. The third-order valence-electron chi connectivity index (χ3n) is 2.91. The maximum Gasteiger partial charge on any atom is 0.270 e. The van der Waals surface area contributed by atoms with Crippen LogP contribution < -0.4 is 5.32 Å². The quantitative estimate of drug-likeness (QED) is 0.296. The van der Waals surface area contributed by atoms with Gasteiger partial charge in [0.25, 0.3) is 11.6 Å². The molecule has 114 valence electrons. The number of nitro groups is 1. The van der Waals surface area contributed by atoms with Crippen LogP contribution in [0.15, 0.2) is 54.1 Å². The van der Waals surface area contributed by atoms with Crippen molar-refractivity contribution in [2.75, 3.05) is 5.32 Å². The monoisotopic (exact) mass is 309 g/mol. The molecule has 1 amide bonds. The number of anilines is 1. The van der Waals surface area contributed by atoms with Crippen LogP contribution in [-0.4, -0.2) is 15.9 Å². The smallest absolute Gasteiger partial charge is 0.270 e. The highest BCUT2D eigenvalue weighted by Gasteiger charge is 2.12. The molecule has 7 heteroatoms. The minimum atomic E-state index is -0.722. The summed E-state index contributed by atoms with van der Waals surface area (Å²) in [6, 6.07) is 13.4. The average Bonchev–Trinajstić information content (AvgIpc) is 2.55. The molecule has 2 aromatic rings. The van der Waals surface area contributed by atoms with E-state index in [1.54, 1.807) is 18.2 Å². The van der Waals surface area contributed by atoms with Gasteiger partial charge >= 0.3 is 0 Å². The van der Waals surface area contributed by atoms with Crippen molar-refractivity contribution < 1.29 is 14.8 Å². The van der Waals surface area contributed by atoms with Crippen molar-refractivity contribution >= 4 is 23.4 Å². The Hall–Kier alpha value is -3.66.